The highest BCUT2D eigenvalue weighted by Gasteiger charge is 2.24. The molecule has 0 aliphatic carbocycles. The summed E-state index contributed by atoms with van der Waals surface area (Å²) in [4.78, 5) is 0. The van der Waals surface area contributed by atoms with E-state index in [1.165, 1.54) is 82.0 Å². The van der Waals surface area contributed by atoms with Gasteiger partial charge in [-0.3, -0.25) is 0 Å². The molecule has 3 heteroatoms. The largest absolute Gasteiger partial charge is 0.379 e. The number of quaternary nitrogens is 1. The fraction of sp³-hybridized carbons (Fsp3) is 1.00. The fourth-order valence-corrected chi connectivity index (χ4v) is 3.16. The number of ether oxygens (including phenoxy) is 1. The molecule has 1 aliphatic heterocycles. The molecule has 140 valence electrons. The summed E-state index contributed by atoms with van der Waals surface area (Å²) in [5, 5.41) is 3.16. The van der Waals surface area contributed by atoms with E-state index in [0.717, 1.165) is 26.3 Å². The normalized spacial score (nSPS) is 15.1. The molecule has 1 N–H and O–H groups in total. The maximum atomic E-state index is 5.01. The van der Waals surface area contributed by atoms with Gasteiger partial charge in [0, 0.05) is 13.1 Å². The van der Waals surface area contributed by atoms with Gasteiger partial charge in [0.25, 0.3) is 0 Å². The molecule has 0 aromatic heterocycles. The summed E-state index contributed by atoms with van der Waals surface area (Å²) >= 11 is 0. The number of hydrogen-bond donors (Lipinski definition) is 1. The van der Waals surface area contributed by atoms with Gasteiger partial charge < -0.3 is 14.5 Å². The lowest BCUT2D eigenvalue weighted by Crippen LogP contribution is -2.50. The Bertz CT molecular complexity index is 181. The van der Waals surface area contributed by atoms with E-state index in [1.807, 2.05) is 0 Å². The van der Waals surface area contributed by atoms with Crippen LogP contribution in [0, 0.1) is 0 Å². The van der Waals surface area contributed by atoms with Crippen molar-refractivity contribution in [3.63, 3.8) is 0 Å². The van der Waals surface area contributed by atoms with Gasteiger partial charge >= 0.3 is 0 Å². The summed E-state index contributed by atoms with van der Waals surface area (Å²) in [7, 11) is 0. The van der Waals surface area contributed by atoms with Crippen molar-refractivity contribution in [1.29, 1.82) is 0 Å². The molecule has 0 atom stereocenters. The van der Waals surface area contributed by atoms with Crippen molar-refractivity contribution in [2.45, 2.75) is 79.1 Å². The van der Waals surface area contributed by atoms with Crippen molar-refractivity contribution in [3.05, 3.63) is 0 Å². The number of rotatable bonds is 12. The van der Waals surface area contributed by atoms with E-state index in [-0.39, 0.29) is 0 Å². The first kappa shape index (κ1) is 22.9. The first-order valence-corrected chi connectivity index (χ1v) is 10.4. The molecular weight excluding hydrogens is 284 g/mol. The molecule has 0 aromatic carbocycles. The van der Waals surface area contributed by atoms with Crippen LogP contribution >= 0.6 is 0 Å². The summed E-state index contributed by atoms with van der Waals surface area (Å²) in [5.74, 6) is 0. The van der Waals surface area contributed by atoms with E-state index >= 15 is 0 Å². The van der Waals surface area contributed by atoms with Gasteiger partial charge in [-0.1, -0.05) is 53.4 Å². The van der Waals surface area contributed by atoms with E-state index in [0.29, 0.717) is 0 Å². The second-order valence-electron chi connectivity index (χ2n) is 7.01. The average molecular weight is 330 g/mol. The molecule has 1 aliphatic rings. The SMILES string of the molecule is C1COCCN1.CCCC[N+](CCCC)(CCCC)CCCC. The van der Waals surface area contributed by atoms with Gasteiger partial charge in [0.05, 0.1) is 39.4 Å². The van der Waals surface area contributed by atoms with E-state index in [2.05, 4.69) is 33.0 Å². The second kappa shape index (κ2) is 16.7. The Labute approximate surface area is 146 Å². The molecule has 0 spiro atoms. The predicted molar refractivity (Wildman–Crippen MR) is 103 cm³/mol. The third kappa shape index (κ3) is 12.9. The zero-order chi connectivity index (χ0) is 17.2. The zero-order valence-corrected chi connectivity index (χ0v) is 16.7. The van der Waals surface area contributed by atoms with E-state index < -0.39 is 0 Å². The Kier molecular flexibility index (Phi) is 16.6. The first-order chi connectivity index (χ1) is 11.2. The van der Waals surface area contributed by atoms with Crippen LogP contribution in [0.2, 0.25) is 0 Å². The van der Waals surface area contributed by atoms with Crippen molar-refractivity contribution in [3.8, 4) is 0 Å². The highest BCUT2D eigenvalue weighted by atomic mass is 16.5. The summed E-state index contributed by atoms with van der Waals surface area (Å²) in [6, 6.07) is 0. The molecule has 1 heterocycles. The number of nitrogens with zero attached hydrogens (tertiary/aromatic N) is 1. The molecule has 1 fully saturated rings. The summed E-state index contributed by atoms with van der Waals surface area (Å²) in [6.07, 6.45) is 11.1. The van der Waals surface area contributed by atoms with Gasteiger partial charge in [0.2, 0.25) is 0 Å². The lowest BCUT2D eigenvalue weighted by atomic mass is 10.1. The van der Waals surface area contributed by atoms with Crippen LogP contribution < -0.4 is 5.32 Å². The molecule has 0 bridgehead atoms. The summed E-state index contributed by atoms with van der Waals surface area (Å²) in [6.45, 7) is 18.9. The zero-order valence-electron chi connectivity index (χ0n) is 16.7. The van der Waals surface area contributed by atoms with Crippen LogP contribution in [0.25, 0.3) is 0 Å². The van der Waals surface area contributed by atoms with Gasteiger partial charge in [-0.2, -0.15) is 0 Å². The van der Waals surface area contributed by atoms with Gasteiger partial charge in [-0.15, -0.1) is 0 Å². The lowest BCUT2D eigenvalue weighted by molar-refractivity contribution is -0.929. The molecule has 0 amide bonds. The van der Waals surface area contributed by atoms with Gasteiger partial charge in [-0.05, 0) is 25.7 Å². The molecule has 0 unspecified atom stereocenters. The van der Waals surface area contributed by atoms with Gasteiger partial charge in [-0.25, -0.2) is 0 Å². The van der Waals surface area contributed by atoms with Crippen LogP contribution in [0.1, 0.15) is 79.1 Å². The van der Waals surface area contributed by atoms with E-state index in [1.54, 1.807) is 0 Å². The molecule has 0 radical (unpaired) electrons. The molecule has 1 rings (SSSR count). The topological polar surface area (TPSA) is 21.3 Å². The van der Waals surface area contributed by atoms with Crippen molar-refractivity contribution in [2.24, 2.45) is 0 Å². The standard InChI is InChI=1S/C16H36N.C4H9NO/c1-5-9-13-17(14-10-6-2,15-11-7-3)16-12-8-4;1-3-6-4-2-5-1/h5-16H2,1-4H3;5H,1-4H2/q+1;. The quantitative estimate of drug-likeness (QED) is 0.528. The Morgan fingerprint density at radius 1 is 0.652 bits per heavy atom. The number of unbranched alkanes of at least 4 members (excludes halogenated alkanes) is 4. The molecule has 0 aromatic rings. The van der Waals surface area contributed by atoms with Crippen molar-refractivity contribution in [2.75, 3.05) is 52.5 Å². The highest BCUT2D eigenvalue weighted by molar-refractivity contribution is 4.50. The number of hydrogen-bond acceptors (Lipinski definition) is 2. The Morgan fingerprint density at radius 3 is 1.17 bits per heavy atom. The minimum absolute atomic E-state index is 0.889. The van der Waals surface area contributed by atoms with Crippen molar-refractivity contribution < 1.29 is 9.22 Å². The lowest BCUT2D eigenvalue weighted by Gasteiger charge is -2.39. The third-order valence-electron chi connectivity index (χ3n) is 4.79. The van der Waals surface area contributed by atoms with Crippen LogP contribution in [-0.2, 0) is 4.74 Å². The Balaban J connectivity index is 0.000000664. The van der Waals surface area contributed by atoms with Crippen LogP contribution in [0.3, 0.4) is 0 Å². The Morgan fingerprint density at radius 2 is 1.00 bits per heavy atom. The third-order valence-corrected chi connectivity index (χ3v) is 4.79. The Hall–Kier alpha value is -0.120. The highest BCUT2D eigenvalue weighted by Crippen LogP contribution is 2.16. The number of morpholine rings is 1. The fourth-order valence-electron chi connectivity index (χ4n) is 3.16. The minimum atomic E-state index is 0.889. The van der Waals surface area contributed by atoms with Crippen molar-refractivity contribution >= 4 is 0 Å². The van der Waals surface area contributed by atoms with E-state index in [9.17, 15) is 0 Å². The van der Waals surface area contributed by atoms with Crippen LogP contribution in [-0.4, -0.2) is 57.0 Å². The maximum absolute atomic E-state index is 5.01. The molecule has 1 saturated heterocycles. The molecule has 23 heavy (non-hydrogen) atoms. The minimum Gasteiger partial charge on any atom is -0.379 e. The van der Waals surface area contributed by atoms with Crippen LogP contribution in [0.4, 0.5) is 0 Å². The monoisotopic (exact) mass is 329 g/mol. The number of nitrogens with one attached hydrogen (secondary N) is 1. The second-order valence-corrected chi connectivity index (χ2v) is 7.01. The van der Waals surface area contributed by atoms with Crippen LogP contribution in [0.15, 0.2) is 0 Å². The summed E-state index contributed by atoms with van der Waals surface area (Å²) < 4.78 is 6.43. The molecular formula is C20H45N2O+. The van der Waals surface area contributed by atoms with Gasteiger partial charge in [0.15, 0.2) is 0 Å². The predicted octanol–water partition coefficient (Wildman–Crippen LogP) is 4.61. The van der Waals surface area contributed by atoms with Crippen LogP contribution in [0.5, 0.6) is 0 Å². The van der Waals surface area contributed by atoms with Gasteiger partial charge in [0.1, 0.15) is 0 Å². The summed E-state index contributed by atoms with van der Waals surface area (Å²) in [5.41, 5.74) is 0. The van der Waals surface area contributed by atoms with Crippen molar-refractivity contribution in [1.82, 2.24) is 5.32 Å². The smallest absolute Gasteiger partial charge is 0.0786 e. The molecule has 3 nitrogen and oxygen atoms in total. The maximum Gasteiger partial charge on any atom is 0.0786 e. The van der Waals surface area contributed by atoms with E-state index in [4.69, 9.17) is 4.74 Å². The first-order valence-electron chi connectivity index (χ1n) is 10.4. The molecule has 0 saturated carbocycles. The average Bonchev–Trinajstić information content (AvgIpc) is 2.62.